The van der Waals surface area contributed by atoms with Crippen molar-refractivity contribution in [2.24, 2.45) is 11.1 Å². The second-order valence-electron chi connectivity index (χ2n) is 8.44. The summed E-state index contributed by atoms with van der Waals surface area (Å²) < 4.78 is 0. The Morgan fingerprint density at radius 1 is 1.25 bits per heavy atom. The fourth-order valence-electron chi connectivity index (χ4n) is 4.12. The number of halogens is 2. The zero-order valence-corrected chi connectivity index (χ0v) is 18.4. The summed E-state index contributed by atoms with van der Waals surface area (Å²) in [6, 6.07) is 3.98. The van der Waals surface area contributed by atoms with Gasteiger partial charge in [0, 0.05) is 45.0 Å². The lowest BCUT2D eigenvalue weighted by Crippen LogP contribution is -2.57. The van der Waals surface area contributed by atoms with Crippen molar-refractivity contribution in [2.75, 3.05) is 26.2 Å². The molecule has 0 aliphatic carbocycles. The lowest BCUT2D eigenvalue weighted by atomic mass is 9.72. The van der Waals surface area contributed by atoms with E-state index in [1.165, 1.54) is 0 Å². The molecule has 1 spiro atoms. The van der Waals surface area contributed by atoms with E-state index in [0.717, 1.165) is 57.4 Å². The molecule has 1 aromatic heterocycles. The van der Waals surface area contributed by atoms with Crippen LogP contribution in [0.25, 0.3) is 0 Å². The SMILES string of the molecule is CC(C)(N)C(=O)N1CCC2(CCC(=O)N(CCc3cccnc3)C2)CC1.Cl.Cl. The van der Waals surface area contributed by atoms with Crippen LogP contribution in [-0.2, 0) is 16.0 Å². The molecule has 0 saturated carbocycles. The summed E-state index contributed by atoms with van der Waals surface area (Å²) in [5.74, 6) is 0.272. The number of amides is 2. The van der Waals surface area contributed by atoms with Gasteiger partial charge in [0.15, 0.2) is 0 Å². The molecule has 0 aromatic carbocycles. The summed E-state index contributed by atoms with van der Waals surface area (Å²) >= 11 is 0. The monoisotopic (exact) mass is 430 g/mol. The normalized spacial score (nSPS) is 19.0. The van der Waals surface area contributed by atoms with Gasteiger partial charge < -0.3 is 15.5 Å². The highest BCUT2D eigenvalue weighted by Crippen LogP contribution is 2.40. The maximum Gasteiger partial charge on any atom is 0.242 e. The third-order valence-corrected chi connectivity index (χ3v) is 5.80. The van der Waals surface area contributed by atoms with Crippen LogP contribution < -0.4 is 5.73 Å². The number of aromatic nitrogens is 1. The third kappa shape index (κ3) is 5.82. The van der Waals surface area contributed by atoms with Crippen LogP contribution in [0.5, 0.6) is 0 Å². The number of likely N-dealkylation sites (tertiary alicyclic amines) is 2. The van der Waals surface area contributed by atoms with Crippen molar-refractivity contribution in [3.05, 3.63) is 30.1 Å². The number of nitrogens with two attached hydrogens (primary N) is 1. The Hall–Kier alpha value is -1.37. The number of carbonyl (C=O) groups excluding carboxylic acids is 2. The first kappa shape index (κ1) is 24.7. The van der Waals surface area contributed by atoms with Crippen LogP contribution in [-0.4, -0.2) is 58.3 Å². The minimum absolute atomic E-state index is 0. The molecule has 1 aromatic rings. The van der Waals surface area contributed by atoms with Crippen molar-refractivity contribution < 1.29 is 9.59 Å². The average Bonchev–Trinajstić information content (AvgIpc) is 2.63. The molecule has 28 heavy (non-hydrogen) atoms. The molecule has 2 fully saturated rings. The van der Waals surface area contributed by atoms with Crippen LogP contribution in [0.2, 0.25) is 0 Å². The average molecular weight is 431 g/mol. The minimum atomic E-state index is -0.817. The molecule has 158 valence electrons. The molecule has 2 amide bonds. The van der Waals surface area contributed by atoms with Crippen molar-refractivity contribution >= 4 is 36.6 Å². The van der Waals surface area contributed by atoms with E-state index in [-0.39, 0.29) is 42.0 Å². The Balaban J connectivity index is 0.00000196. The van der Waals surface area contributed by atoms with Crippen LogP contribution in [0.3, 0.4) is 0 Å². The van der Waals surface area contributed by atoms with Gasteiger partial charge in [-0.1, -0.05) is 6.07 Å². The zero-order valence-electron chi connectivity index (χ0n) is 16.7. The third-order valence-electron chi connectivity index (χ3n) is 5.80. The first-order valence-electron chi connectivity index (χ1n) is 9.54. The molecule has 0 atom stereocenters. The van der Waals surface area contributed by atoms with E-state index in [0.29, 0.717) is 6.42 Å². The number of pyridine rings is 1. The summed E-state index contributed by atoms with van der Waals surface area (Å²) in [6.07, 6.45) is 7.91. The van der Waals surface area contributed by atoms with Gasteiger partial charge in [-0.25, -0.2) is 0 Å². The topological polar surface area (TPSA) is 79.5 Å². The van der Waals surface area contributed by atoms with Gasteiger partial charge in [-0.2, -0.15) is 0 Å². The van der Waals surface area contributed by atoms with E-state index in [1.807, 2.05) is 22.1 Å². The molecule has 6 nitrogen and oxygen atoms in total. The molecule has 3 heterocycles. The Kier molecular flexibility index (Phi) is 8.72. The first-order valence-corrected chi connectivity index (χ1v) is 9.54. The molecular weight excluding hydrogens is 399 g/mol. The molecule has 0 bridgehead atoms. The van der Waals surface area contributed by atoms with Gasteiger partial charge in [0.05, 0.1) is 5.54 Å². The van der Waals surface area contributed by atoms with E-state index >= 15 is 0 Å². The van der Waals surface area contributed by atoms with E-state index in [4.69, 9.17) is 5.73 Å². The van der Waals surface area contributed by atoms with E-state index in [2.05, 4.69) is 11.1 Å². The number of rotatable bonds is 4. The largest absolute Gasteiger partial charge is 0.342 e. The summed E-state index contributed by atoms with van der Waals surface area (Å²) in [7, 11) is 0. The van der Waals surface area contributed by atoms with Crippen molar-refractivity contribution in [3.8, 4) is 0 Å². The highest BCUT2D eigenvalue weighted by molar-refractivity contribution is 5.86. The predicted octanol–water partition coefficient (Wildman–Crippen LogP) is 2.44. The Bertz CT molecular complexity index is 656. The summed E-state index contributed by atoms with van der Waals surface area (Å²) in [4.78, 5) is 32.8. The molecule has 3 rings (SSSR count). The van der Waals surface area contributed by atoms with E-state index in [9.17, 15) is 9.59 Å². The van der Waals surface area contributed by atoms with Crippen LogP contribution in [0.4, 0.5) is 0 Å². The molecule has 0 unspecified atom stereocenters. The zero-order chi connectivity index (χ0) is 18.8. The smallest absolute Gasteiger partial charge is 0.242 e. The molecule has 2 aliphatic rings. The van der Waals surface area contributed by atoms with Gasteiger partial charge in [0.25, 0.3) is 0 Å². The van der Waals surface area contributed by atoms with Crippen molar-refractivity contribution in [2.45, 2.75) is 51.5 Å². The van der Waals surface area contributed by atoms with Gasteiger partial charge in [0.1, 0.15) is 0 Å². The fraction of sp³-hybridized carbons (Fsp3) is 0.650. The Morgan fingerprint density at radius 3 is 2.50 bits per heavy atom. The lowest BCUT2D eigenvalue weighted by Gasteiger charge is -2.48. The molecule has 2 saturated heterocycles. The van der Waals surface area contributed by atoms with Crippen LogP contribution in [0.1, 0.15) is 45.1 Å². The fourth-order valence-corrected chi connectivity index (χ4v) is 4.12. The van der Waals surface area contributed by atoms with E-state index < -0.39 is 5.54 Å². The van der Waals surface area contributed by atoms with Gasteiger partial charge in [-0.3, -0.25) is 14.6 Å². The highest BCUT2D eigenvalue weighted by atomic mass is 35.5. The van der Waals surface area contributed by atoms with Gasteiger partial charge in [-0.05, 0) is 56.6 Å². The number of hydrogen-bond donors (Lipinski definition) is 1. The van der Waals surface area contributed by atoms with Crippen LogP contribution in [0, 0.1) is 5.41 Å². The Morgan fingerprint density at radius 2 is 1.93 bits per heavy atom. The molecule has 2 aliphatic heterocycles. The van der Waals surface area contributed by atoms with E-state index in [1.54, 1.807) is 20.0 Å². The molecule has 8 heteroatoms. The van der Waals surface area contributed by atoms with Gasteiger partial charge >= 0.3 is 0 Å². The minimum Gasteiger partial charge on any atom is -0.342 e. The van der Waals surface area contributed by atoms with Crippen molar-refractivity contribution in [1.29, 1.82) is 0 Å². The van der Waals surface area contributed by atoms with Gasteiger partial charge in [-0.15, -0.1) is 24.8 Å². The summed E-state index contributed by atoms with van der Waals surface area (Å²) in [5.41, 5.74) is 6.46. The first-order chi connectivity index (χ1) is 12.3. The molecular formula is C20H32Cl2N4O2. The lowest BCUT2D eigenvalue weighted by molar-refractivity contribution is -0.144. The number of piperidine rings is 2. The second kappa shape index (κ2) is 9.90. The number of carbonyl (C=O) groups is 2. The molecule has 0 radical (unpaired) electrons. The quantitative estimate of drug-likeness (QED) is 0.794. The summed E-state index contributed by atoms with van der Waals surface area (Å²) in [6.45, 7) is 6.55. The number of nitrogens with zero attached hydrogens (tertiary/aromatic N) is 3. The van der Waals surface area contributed by atoms with Gasteiger partial charge in [0.2, 0.25) is 11.8 Å². The second-order valence-corrected chi connectivity index (χ2v) is 8.44. The van der Waals surface area contributed by atoms with Crippen LogP contribution >= 0.6 is 24.8 Å². The Labute approximate surface area is 180 Å². The van der Waals surface area contributed by atoms with Crippen molar-refractivity contribution in [1.82, 2.24) is 14.8 Å². The number of hydrogen-bond acceptors (Lipinski definition) is 4. The maximum absolute atomic E-state index is 12.4. The maximum atomic E-state index is 12.4. The molecule has 2 N–H and O–H groups in total. The van der Waals surface area contributed by atoms with Crippen molar-refractivity contribution in [3.63, 3.8) is 0 Å². The predicted molar refractivity (Wildman–Crippen MR) is 115 cm³/mol. The summed E-state index contributed by atoms with van der Waals surface area (Å²) in [5, 5.41) is 0. The standard InChI is InChI=1S/C20H30N4O2.2ClH/c1-19(2,21)18(26)23-12-8-20(9-13-23)7-5-17(25)24(15-20)11-6-16-4-3-10-22-14-16;;/h3-4,10,14H,5-9,11-13,15,21H2,1-2H3;2*1H. The highest BCUT2D eigenvalue weighted by Gasteiger charge is 2.42. The van der Waals surface area contributed by atoms with Crippen LogP contribution in [0.15, 0.2) is 24.5 Å².